The lowest BCUT2D eigenvalue weighted by molar-refractivity contribution is 0.0377. The number of carbonyl (C=O) groups excluding carboxylic acids is 1. The minimum Gasteiger partial charge on any atom is -0.459 e. The lowest BCUT2D eigenvalue weighted by Gasteiger charge is -2.09. The smallest absolute Gasteiger partial charge is 0.338 e. The molecular weight excluding hydrogens is 244 g/mol. The first-order chi connectivity index (χ1) is 6.65. The summed E-state index contributed by atoms with van der Waals surface area (Å²) in [5, 5.41) is 0.663. The van der Waals surface area contributed by atoms with Gasteiger partial charge in [-0.25, -0.2) is 4.79 Å². The van der Waals surface area contributed by atoms with Crippen molar-refractivity contribution in [1.82, 2.24) is 0 Å². The summed E-state index contributed by atoms with van der Waals surface area (Å²) in [5.74, 6) is -0.255. The molecule has 1 aromatic rings. The fraction of sp³-hybridized carbons (Fsp3) is 0.364. The van der Waals surface area contributed by atoms with Crippen molar-refractivity contribution in [3.8, 4) is 0 Å². The molecule has 0 saturated carbocycles. The van der Waals surface area contributed by atoms with Crippen LogP contribution in [0.3, 0.4) is 0 Å². The Labute approximate surface area is 92.4 Å². The van der Waals surface area contributed by atoms with Crippen molar-refractivity contribution in [3.05, 3.63) is 35.4 Å². The van der Waals surface area contributed by atoms with Crippen LogP contribution in [0.4, 0.5) is 0 Å². The minimum absolute atomic E-state index is 0.0779. The van der Waals surface area contributed by atoms with Crippen LogP contribution in [-0.2, 0) is 10.1 Å². The van der Waals surface area contributed by atoms with Crippen molar-refractivity contribution in [2.75, 3.05) is 0 Å². The van der Waals surface area contributed by atoms with E-state index in [1.165, 1.54) is 0 Å². The molecule has 0 atom stereocenters. The molecule has 2 nitrogen and oxygen atoms in total. The quantitative estimate of drug-likeness (QED) is 0.614. The Bertz CT molecular complexity index is 321. The number of esters is 1. The highest BCUT2D eigenvalue weighted by atomic mass is 79.9. The molecule has 0 saturated heterocycles. The molecule has 0 spiro atoms. The topological polar surface area (TPSA) is 26.3 Å². The first-order valence-electron chi connectivity index (χ1n) is 4.50. The SMILES string of the molecule is CC(C)OC(=O)c1ccccc1CBr. The van der Waals surface area contributed by atoms with Gasteiger partial charge in [-0.15, -0.1) is 0 Å². The summed E-state index contributed by atoms with van der Waals surface area (Å²) in [6.45, 7) is 3.68. The van der Waals surface area contributed by atoms with E-state index >= 15 is 0 Å². The molecule has 0 N–H and O–H groups in total. The van der Waals surface area contributed by atoms with E-state index in [1.54, 1.807) is 6.07 Å². The summed E-state index contributed by atoms with van der Waals surface area (Å²) in [7, 11) is 0. The van der Waals surface area contributed by atoms with Gasteiger partial charge in [-0.3, -0.25) is 0 Å². The maximum atomic E-state index is 11.6. The number of alkyl halides is 1. The molecule has 0 bridgehead atoms. The Kier molecular flexibility index (Phi) is 4.14. The van der Waals surface area contributed by atoms with E-state index < -0.39 is 0 Å². The largest absolute Gasteiger partial charge is 0.459 e. The lowest BCUT2D eigenvalue weighted by Crippen LogP contribution is -2.13. The molecule has 0 unspecified atom stereocenters. The predicted octanol–water partition coefficient (Wildman–Crippen LogP) is 3.15. The average Bonchev–Trinajstić information content (AvgIpc) is 2.16. The number of rotatable bonds is 3. The highest BCUT2D eigenvalue weighted by molar-refractivity contribution is 9.08. The summed E-state index contributed by atoms with van der Waals surface area (Å²) >= 11 is 3.34. The molecule has 0 aliphatic carbocycles. The Morgan fingerprint density at radius 3 is 2.64 bits per heavy atom. The van der Waals surface area contributed by atoms with Gasteiger partial charge in [0.05, 0.1) is 11.7 Å². The second-order valence-electron chi connectivity index (χ2n) is 3.24. The summed E-state index contributed by atoms with van der Waals surface area (Å²) < 4.78 is 5.12. The monoisotopic (exact) mass is 256 g/mol. The summed E-state index contributed by atoms with van der Waals surface area (Å²) in [6.07, 6.45) is -0.0779. The molecule has 0 aliphatic heterocycles. The van der Waals surface area contributed by atoms with Crippen LogP contribution in [0.15, 0.2) is 24.3 Å². The van der Waals surface area contributed by atoms with Gasteiger partial charge in [-0.2, -0.15) is 0 Å². The molecule has 1 aromatic carbocycles. The molecule has 14 heavy (non-hydrogen) atoms. The van der Waals surface area contributed by atoms with Crippen LogP contribution in [-0.4, -0.2) is 12.1 Å². The van der Waals surface area contributed by atoms with Crippen LogP contribution in [0.25, 0.3) is 0 Å². The number of benzene rings is 1. The van der Waals surface area contributed by atoms with Crippen LogP contribution in [0.5, 0.6) is 0 Å². The summed E-state index contributed by atoms with van der Waals surface area (Å²) in [6, 6.07) is 7.43. The van der Waals surface area contributed by atoms with Crippen LogP contribution >= 0.6 is 15.9 Å². The Hall–Kier alpha value is -0.830. The van der Waals surface area contributed by atoms with Gasteiger partial charge in [-0.05, 0) is 25.5 Å². The van der Waals surface area contributed by atoms with Crippen molar-refractivity contribution < 1.29 is 9.53 Å². The van der Waals surface area contributed by atoms with E-state index in [2.05, 4.69) is 15.9 Å². The molecular formula is C11H13BrO2. The maximum absolute atomic E-state index is 11.6. The van der Waals surface area contributed by atoms with Crippen LogP contribution in [0.1, 0.15) is 29.8 Å². The number of ether oxygens (including phenoxy) is 1. The molecule has 0 heterocycles. The Morgan fingerprint density at radius 2 is 2.07 bits per heavy atom. The third-order valence-electron chi connectivity index (χ3n) is 1.72. The molecule has 0 fully saturated rings. The van der Waals surface area contributed by atoms with Crippen molar-refractivity contribution in [1.29, 1.82) is 0 Å². The number of hydrogen-bond donors (Lipinski definition) is 0. The second-order valence-corrected chi connectivity index (χ2v) is 3.81. The zero-order valence-corrected chi connectivity index (χ0v) is 9.87. The third kappa shape index (κ3) is 2.84. The van der Waals surface area contributed by atoms with Gasteiger partial charge in [-0.1, -0.05) is 34.1 Å². The van der Waals surface area contributed by atoms with Crippen molar-refractivity contribution in [2.45, 2.75) is 25.3 Å². The van der Waals surface area contributed by atoms with Gasteiger partial charge in [0, 0.05) is 5.33 Å². The number of hydrogen-bond acceptors (Lipinski definition) is 2. The predicted molar refractivity (Wildman–Crippen MR) is 59.6 cm³/mol. The summed E-state index contributed by atoms with van der Waals surface area (Å²) in [5.41, 5.74) is 1.59. The van der Waals surface area contributed by atoms with E-state index in [0.29, 0.717) is 10.9 Å². The van der Waals surface area contributed by atoms with E-state index in [4.69, 9.17) is 4.74 Å². The zero-order valence-electron chi connectivity index (χ0n) is 8.29. The van der Waals surface area contributed by atoms with Crippen molar-refractivity contribution >= 4 is 21.9 Å². The van der Waals surface area contributed by atoms with Crippen LogP contribution < -0.4 is 0 Å². The van der Waals surface area contributed by atoms with E-state index in [1.807, 2.05) is 32.0 Å². The van der Waals surface area contributed by atoms with E-state index in [0.717, 1.165) is 5.56 Å². The normalized spacial score (nSPS) is 10.3. The first kappa shape index (κ1) is 11.2. The first-order valence-corrected chi connectivity index (χ1v) is 5.62. The van der Waals surface area contributed by atoms with Gasteiger partial charge in [0.1, 0.15) is 0 Å². The molecule has 0 aromatic heterocycles. The van der Waals surface area contributed by atoms with Gasteiger partial charge in [0.2, 0.25) is 0 Å². The van der Waals surface area contributed by atoms with E-state index in [-0.39, 0.29) is 12.1 Å². The molecule has 0 amide bonds. The van der Waals surface area contributed by atoms with Crippen molar-refractivity contribution in [3.63, 3.8) is 0 Å². The van der Waals surface area contributed by atoms with Crippen molar-refractivity contribution in [2.24, 2.45) is 0 Å². The van der Waals surface area contributed by atoms with Crippen LogP contribution in [0.2, 0.25) is 0 Å². The van der Waals surface area contributed by atoms with E-state index in [9.17, 15) is 4.79 Å². The highest BCUT2D eigenvalue weighted by Crippen LogP contribution is 2.14. The van der Waals surface area contributed by atoms with Gasteiger partial charge >= 0.3 is 5.97 Å². The second kappa shape index (κ2) is 5.15. The Balaban J connectivity index is 2.88. The standard InChI is InChI=1S/C11H13BrO2/c1-8(2)14-11(13)10-6-4-3-5-9(10)7-12/h3-6,8H,7H2,1-2H3. The molecule has 0 radical (unpaired) electrons. The van der Waals surface area contributed by atoms with Gasteiger partial charge in [0.25, 0.3) is 0 Å². The fourth-order valence-electron chi connectivity index (χ4n) is 1.11. The Morgan fingerprint density at radius 1 is 1.43 bits per heavy atom. The maximum Gasteiger partial charge on any atom is 0.338 e. The molecule has 76 valence electrons. The molecule has 1 rings (SSSR count). The van der Waals surface area contributed by atoms with Gasteiger partial charge in [0.15, 0.2) is 0 Å². The average molecular weight is 257 g/mol. The molecule has 3 heteroatoms. The molecule has 0 aliphatic rings. The fourth-order valence-corrected chi connectivity index (χ4v) is 1.60. The number of halogens is 1. The lowest BCUT2D eigenvalue weighted by atomic mass is 10.1. The zero-order chi connectivity index (χ0) is 10.6. The van der Waals surface area contributed by atoms with Crippen LogP contribution in [0, 0.1) is 0 Å². The summed E-state index contributed by atoms with van der Waals surface area (Å²) in [4.78, 5) is 11.6. The number of carbonyl (C=O) groups is 1. The minimum atomic E-state index is -0.255. The third-order valence-corrected chi connectivity index (χ3v) is 2.33. The highest BCUT2D eigenvalue weighted by Gasteiger charge is 2.12. The van der Waals surface area contributed by atoms with Gasteiger partial charge < -0.3 is 4.74 Å².